The van der Waals surface area contributed by atoms with Gasteiger partial charge in [0.05, 0.1) is 12.1 Å². The van der Waals surface area contributed by atoms with Gasteiger partial charge in [0.15, 0.2) is 5.82 Å². The number of aromatic nitrogens is 4. The minimum atomic E-state index is -0.101. The minimum Gasteiger partial charge on any atom is -0.348 e. The standard InChI is InChI=1S/C16H19N7O/c24-16(19-14-11-13-3-1-2-6-23(13)20-14)22-9-7-21(8-10-22)12-15-17-4-5-18-15/h1-6,11H,7-10,12H2,(H,17,18)(H,19,20,24). The Labute approximate surface area is 139 Å². The van der Waals surface area contributed by atoms with E-state index in [9.17, 15) is 4.79 Å². The Kier molecular flexibility index (Phi) is 3.87. The van der Waals surface area contributed by atoms with Gasteiger partial charge in [0, 0.05) is 50.8 Å². The summed E-state index contributed by atoms with van der Waals surface area (Å²) in [5.41, 5.74) is 0.955. The van der Waals surface area contributed by atoms with Crippen LogP contribution in [-0.4, -0.2) is 61.6 Å². The number of hydrogen-bond donors (Lipinski definition) is 2. The van der Waals surface area contributed by atoms with Gasteiger partial charge in [0.1, 0.15) is 5.82 Å². The summed E-state index contributed by atoms with van der Waals surface area (Å²) in [6.45, 7) is 3.84. The summed E-state index contributed by atoms with van der Waals surface area (Å²) < 4.78 is 1.75. The summed E-state index contributed by atoms with van der Waals surface area (Å²) in [6, 6.07) is 7.57. The fourth-order valence-corrected chi connectivity index (χ4v) is 2.89. The minimum absolute atomic E-state index is 0.101. The molecule has 3 aromatic rings. The molecule has 0 unspecified atom stereocenters. The number of carbonyl (C=O) groups excluding carboxylic acids is 1. The molecule has 0 aromatic carbocycles. The van der Waals surface area contributed by atoms with Crippen molar-refractivity contribution in [2.45, 2.75) is 6.54 Å². The van der Waals surface area contributed by atoms with E-state index in [2.05, 4.69) is 25.3 Å². The van der Waals surface area contributed by atoms with Crippen LogP contribution in [0.1, 0.15) is 5.82 Å². The molecule has 4 heterocycles. The summed E-state index contributed by atoms with van der Waals surface area (Å²) in [6.07, 6.45) is 5.44. The maximum Gasteiger partial charge on any atom is 0.323 e. The maximum atomic E-state index is 12.4. The Morgan fingerprint density at radius 2 is 2.12 bits per heavy atom. The molecule has 3 aromatic heterocycles. The summed E-state index contributed by atoms with van der Waals surface area (Å²) in [7, 11) is 0. The van der Waals surface area contributed by atoms with Crippen LogP contribution in [0.3, 0.4) is 0 Å². The zero-order valence-corrected chi connectivity index (χ0v) is 13.2. The molecule has 0 atom stereocenters. The van der Waals surface area contributed by atoms with E-state index in [0.29, 0.717) is 18.9 Å². The molecular weight excluding hydrogens is 306 g/mol. The SMILES string of the molecule is O=C(Nc1cc2ccccn2n1)N1CCN(Cc2ncc[nH]2)CC1. The molecule has 2 N–H and O–H groups in total. The van der Waals surface area contributed by atoms with E-state index in [1.54, 1.807) is 10.7 Å². The second-order valence-corrected chi connectivity index (χ2v) is 5.83. The first-order valence-corrected chi connectivity index (χ1v) is 7.99. The number of imidazole rings is 1. The average Bonchev–Trinajstić information content (AvgIpc) is 3.24. The van der Waals surface area contributed by atoms with Crippen molar-refractivity contribution in [1.29, 1.82) is 0 Å². The lowest BCUT2D eigenvalue weighted by atomic mass is 10.3. The fraction of sp³-hybridized carbons (Fsp3) is 0.312. The number of nitrogens with one attached hydrogen (secondary N) is 2. The van der Waals surface area contributed by atoms with Crippen LogP contribution in [0.25, 0.3) is 5.52 Å². The van der Waals surface area contributed by atoms with Crippen LogP contribution >= 0.6 is 0 Å². The van der Waals surface area contributed by atoms with Gasteiger partial charge in [0.25, 0.3) is 0 Å². The van der Waals surface area contributed by atoms with Crippen LogP contribution in [0.2, 0.25) is 0 Å². The number of amides is 2. The summed E-state index contributed by atoms with van der Waals surface area (Å²) >= 11 is 0. The Morgan fingerprint density at radius 3 is 2.88 bits per heavy atom. The van der Waals surface area contributed by atoms with Crippen molar-refractivity contribution in [3.63, 3.8) is 0 Å². The molecule has 24 heavy (non-hydrogen) atoms. The molecule has 1 aliphatic heterocycles. The van der Waals surface area contributed by atoms with Crippen molar-refractivity contribution >= 4 is 17.4 Å². The van der Waals surface area contributed by atoms with Crippen LogP contribution < -0.4 is 5.32 Å². The molecule has 1 saturated heterocycles. The van der Waals surface area contributed by atoms with E-state index < -0.39 is 0 Å². The molecule has 8 nitrogen and oxygen atoms in total. The molecule has 0 spiro atoms. The summed E-state index contributed by atoms with van der Waals surface area (Å²) in [5.74, 6) is 1.53. The zero-order valence-electron chi connectivity index (χ0n) is 13.2. The number of fused-ring (bicyclic) bond motifs is 1. The van der Waals surface area contributed by atoms with Gasteiger partial charge in [-0.1, -0.05) is 6.07 Å². The van der Waals surface area contributed by atoms with Crippen LogP contribution in [0.4, 0.5) is 10.6 Å². The van der Waals surface area contributed by atoms with Crippen molar-refractivity contribution in [3.05, 3.63) is 48.7 Å². The predicted octanol–water partition coefficient (Wildman–Crippen LogP) is 1.41. The topological polar surface area (TPSA) is 81.6 Å². The highest BCUT2D eigenvalue weighted by Crippen LogP contribution is 2.12. The van der Waals surface area contributed by atoms with Crippen LogP contribution in [-0.2, 0) is 6.54 Å². The number of rotatable bonds is 3. The van der Waals surface area contributed by atoms with Crippen LogP contribution in [0.5, 0.6) is 0 Å². The van der Waals surface area contributed by atoms with Gasteiger partial charge in [0.2, 0.25) is 0 Å². The van der Waals surface area contributed by atoms with Gasteiger partial charge in [-0.3, -0.25) is 10.2 Å². The van der Waals surface area contributed by atoms with E-state index in [0.717, 1.165) is 31.0 Å². The number of nitrogens with zero attached hydrogens (tertiary/aromatic N) is 5. The third kappa shape index (κ3) is 3.09. The molecule has 0 radical (unpaired) electrons. The smallest absolute Gasteiger partial charge is 0.323 e. The van der Waals surface area contributed by atoms with Crippen molar-refractivity contribution in [3.8, 4) is 0 Å². The number of H-pyrrole nitrogens is 1. The van der Waals surface area contributed by atoms with E-state index >= 15 is 0 Å². The number of piperazine rings is 1. The third-order valence-corrected chi connectivity index (χ3v) is 4.19. The zero-order chi connectivity index (χ0) is 16.4. The van der Waals surface area contributed by atoms with E-state index in [1.807, 2.05) is 41.6 Å². The van der Waals surface area contributed by atoms with E-state index in [-0.39, 0.29) is 6.03 Å². The Hall–Kier alpha value is -2.87. The Bertz CT molecular complexity index is 785. The molecule has 0 saturated carbocycles. The first kappa shape index (κ1) is 14.7. The van der Waals surface area contributed by atoms with Gasteiger partial charge < -0.3 is 9.88 Å². The third-order valence-electron chi connectivity index (χ3n) is 4.19. The number of anilines is 1. The summed E-state index contributed by atoms with van der Waals surface area (Å²) in [4.78, 5) is 23.9. The Balaban J connectivity index is 1.32. The molecule has 124 valence electrons. The maximum absolute atomic E-state index is 12.4. The van der Waals surface area contributed by atoms with Gasteiger partial charge >= 0.3 is 6.03 Å². The molecule has 4 rings (SSSR count). The number of carbonyl (C=O) groups is 1. The number of pyridine rings is 1. The summed E-state index contributed by atoms with van der Waals surface area (Å²) in [5, 5.41) is 7.23. The first-order valence-electron chi connectivity index (χ1n) is 7.99. The average molecular weight is 325 g/mol. The lowest BCUT2D eigenvalue weighted by Crippen LogP contribution is -2.49. The lowest BCUT2D eigenvalue weighted by Gasteiger charge is -2.34. The highest BCUT2D eigenvalue weighted by atomic mass is 16.2. The fourth-order valence-electron chi connectivity index (χ4n) is 2.89. The van der Waals surface area contributed by atoms with E-state index in [4.69, 9.17) is 0 Å². The monoisotopic (exact) mass is 325 g/mol. The van der Waals surface area contributed by atoms with Crippen LogP contribution in [0.15, 0.2) is 42.9 Å². The van der Waals surface area contributed by atoms with Gasteiger partial charge in [-0.15, -0.1) is 5.10 Å². The molecule has 0 bridgehead atoms. The number of aromatic amines is 1. The molecule has 1 fully saturated rings. The first-order chi connectivity index (χ1) is 11.8. The van der Waals surface area contributed by atoms with Gasteiger partial charge in [-0.05, 0) is 12.1 Å². The number of hydrogen-bond acceptors (Lipinski definition) is 4. The number of urea groups is 1. The van der Waals surface area contributed by atoms with Gasteiger partial charge in [-0.2, -0.15) is 0 Å². The molecule has 1 aliphatic rings. The molecule has 0 aliphatic carbocycles. The largest absolute Gasteiger partial charge is 0.348 e. The molecule has 8 heteroatoms. The highest BCUT2D eigenvalue weighted by Gasteiger charge is 2.22. The predicted molar refractivity (Wildman–Crippen MR) is 89.6 cm³/mol. The van der Waals surface area contributed by atoms with Gasteiger partial charge in [-0.25, -0.2) is 14.3 Å². The van der Waals surface area contributed by atoms with Crippen molar-refractivity contribution in [2.24, 2.45) is 0 Å². The second-order valence-electron chi connectivity index (χ2n) is 5.83. The molecule has 2 amide bonds. The van der Waals surface area contributed by atoms with Crippen molar-refractivity contribution < 1.29 is 4.79 Å². The van der Waals surface area contributed by atoms with E-state index in [1.165, 1.54) is 0 Å². The van der Waals surface area contributed by atoms with Crippen LogP contribution in [0, 0.1) is 0 Å². The normalized spacial score (nSPS) is 15.8. The van der Waals surface area contributed by atoms with Crippen molar-refractivity contribution in [1.82, 2.24) is 29.4 Å². The molecular formula is C16H19N7O. The quantitative estimate of drug-likeness (QED) is 0.763. The second kappa shape index (κ2) is 6.32. The van der Waals surface area contributed by atoms with Crippen molar-refractivity contribution in [2.75, 3.05) is 31.5 Å². The Morgan fingerprint density at radius 1 is 1.25 bits per heavy atom. The lowest BCUT2D eigenvalue weighted by molar-refractivity contribution is 0.141. The highest BCUT2D eigenvalue weighted by molar-refractivity contribution is 5.89.